The SMILES string of the molecule is CCCOS(=S)(=S)SSSSSS. The lowest BCUT2D eigenvalue weighted by atomic mass is 10.5. The second kappa shape index (κ2) is 10.0. The number of hydrogen-bond donors (Lipinski definition) is 1. The molecule has 0 aromatic rings. The highest BCUT2D eigenvalue weighted by Crippen LogP contribution is 2.51. The molecule has 0 unspecified atom stereocenters. The van der Waals surface area contributed by atoms with Crippen molar-refractivity contribution in [2.24, 2.45) is 0 Å². The van der Waals surface area contributed by atoms with Crippen LogP contribution < -0.4 is 0 Å². The molecule has 0 fully saturated rings. The van der Waals surface area contributed by atoms with Crippen molar-refractivity contribution in [3.8, 4) is 0 Å². The second-order valence-electron chi connectivity index (χ2n) is 1.58. The molecule has 10 heteroatoms. The molecule has 0 aliphatic rings. The molecule has 0 aromatic heterocycles. The fourth-order valence-corrected chi connectivity index (χ4v) is 16.7. The van der Waals surface area contributed by atoms with Crippen molar-refractivity contribution in [2.45, 2.75) is 13.3 Å². The highest BCUT2D eigenvalue weighted by atomic mass is 34.0. The zero-order chi connectivity index (χ0) is 10.2. The first-order chi connectivity index (χ1) is 6.12. The van der Waals surface area contributed by atoms with Crippen molar-refractivity contribution in [1.82, 2.24) is 0 Å². The maximum atomic E-state index is 5.37. The van der Waals surface area contributed by atoms with E-state index < -0.39 is 6.46 Å². The topological polar surface area (TPSA) is 9.23 Å². The Hall–Kier alpha value is 2.85. The Morgan fingerprint density at radius 1 is 1.31 bits per heavy atom. The van der Waals surface area contributed by atoms with Gasteiger partial charge in [-0.2, -0.15) is 0 Å². The van der Waals surface area contributed by atoms with Gasteiger partial charge in [0.05, 0.1) is 13.1 Å². The van der Waals surface area contributed by atoms with Gasteiger partial charge in [-0.05, 0) is 48.4 Å². The van der Waals surface area contributed by atoms with Gasteiger partial charge in [0.1, 0.15) is 0 Å². The largest absolute Gasteiger partial charge is 0.301 e. The van der Waals surface area contributed by atoms with Gasteiger partial charge >= 0.3 is 0 Å². The molecule has 0 spiro atoms. The van der Waals surface area contributed by atoms with E-state index in [2.05, 4.69) is 11.7 Å². The zero-order valence-electron chi connectivity index (χ0n) is 6.54. The van der Waals surface area contributed by atoms with Crippen LogP contribution in [0.3, 0.4) is 0 Å². The van der Waals surface area contributed by atoms with Crippen molar-refractivity contribution >= 4 is 89.6 Å². The predicted octanol–water partition coefficient (Wildman–Crippen LogP) is 4.49. The number of hydrogen-bond acceptors (Lipinski definition) is 9. The van der Waals surface area contributed by atoms with Crippen LogP contribution in [0.5, 0.6) is 0 Å². The Morgan fingerprint density at radius 2 is 2.00 bits per heavy atom. The van der Waals surface area contributed by atoms with E-state index >= 15 is 0 Å². The van der Waals surface area contributed by atoms with Crippen LogP contribution in [-0.4, -0.2) is 6.61 Å². The van der Waals surface area contributed by atoms with E-state index in [4.69, 9.17) is 26.6 Å². The van der Waals surface area contributed by atoms with E-state index in [9.17, 15) is 0 Å². The smallest absolute Gasteiger partial charge is 0.0820 e. The summed E-state index contributed by atoms with van der Waals surface area (Å²) in [5.41, 5.74) is 0. The minimum Gasteiger partial charge on any atom is -0.301 e. The zero-order valence-corrected chi connectivity index (χ0v) is 14.0. The van der Waals surface area contributed by atoms with Crippen LogP contribution in [0.4, 0.5) is 0 Å². The van der Waals surface area contributed by atoms with Gasteiger partial charge in [-0.1, -0.05) is 18.6 Å². The lowest BCUT2D eigenvalue weighted by Gasteiger charge is -2.07. The average molecular weight is 349 g/mol. The molecule has 0 atom stereocenters. The Balaban J connectivity index is 3.52. The first-order valence-electron chi connectivity index (χ1n) is 3.01. The molecule has 1 nitrogen and oxygen atoms in total. The van der Waals surface area contributed by atoms with E-state index in [0.29, 0.717) is 6.61 Å². The molecule has 0 amide bonds. The Bertz CT molecular complexity index is 197. The monoisotopic (exact) mass is 348 g/mol. The van der Waals surface area contributed by atoms with Crippen LogP contribution in [0.2, 0.25) is 0 Å². The van der Waals surface area contributed by atoms with Crippen molar-refractivity contribution < 1.29 is 4.18 Å². The average Bonchev–Trinajstić information content (AvgIpc) is 2.09. The van der Waals surface area contributed by atoms with Crippen molar-refractivity contribution in [2.75, 3.05) is 6.61 Å². The maximum absolute atomic E-state index is 5.37. The summed E-state index contributed by atoms with van der Waals surface area (Å²) in [4.78, 5) is 0. The number of thiol groups is 1. The first kappa shape index (κ1) is 15.9. The molecular weight excluding hydrogens is 341 g/mol. The molecule has 0 rings (SSSR count). The van der Waals surface area contributed by atoms with Gasteiger partial charge < -0.3 is 4.18 Å². The minimum atomic E-state index is -1.75. The van der Waals surface area contributed by atoms with Gasteiger partial charge in [-0.25, -0.2) is 0 Å². The molecule has 80 valence electrons. The van der Waals surface area contributed by atoms with Crippen LogP contribution in [0.1, 0.15) is 13.3 Å². The van der Waals surface area contributed by atoms with Gasteiger partial charge in [0.25, 0.3) is 0 Å². The van der Waals surface area contributed by atoms with Crippen molar-refractivity contribution in [1.29, 1.82) is 0 Å². The Morgan fingerprint density at radius 3 is 2.54 bits per heavy atom. The third-order valence-electron chi connectivity index (χ3n) is 0.629. The third kappa shape index (κ3) is 11.1. The number of rotatable bonds is 8. The molecule has 0 bridgehead atoms. The van der Waals surface area contributed by atoms with Gasteiger partial charge in [-0.15, -0.1) is 0 Å². The third-order valence-corrected chi connectivity index (χ3v) is 16.2. The van der Waals surface area contributed by atoms with E-state index in [1.54, 1.807) is 29.5 Å². The van der Waals surface area contributed by atoms with Crippen molar-refractivity contribution in [3.05, 3.63) is 0 Å². The van der Waals surface area contributed by atoms with Crippen LogP contribution in [0, 0.1) is 0 Å². The van der Waals surface area contributed by atoms with E-state index in [1.165, 1.54) is 19.7 Å². The second-order valence-corrected chi connectivity index (χ2v) is 17.8. The molecule has 0 radical (unpaired) electrons. The van der Waals surface area contributed by atoms with Gasteiger partial charge in [0.15, 0.2) is 0 Å². The molecule has 13 heavy (non-hydrogen) atoms. The normalized spacial score (nSPS) is 11.8. The highest BCUT2D eigenvalue weighted by molar-refractivity contribution is 9.46. The Kier molecular flexibility index (Phi) is 12.2. The highest BCUT2D eigenvalue weighted by Gasteiger charge is 2.04. The summed E-state index contributed by atoms with van der Waals surface area (Å²) in [5, 5.41) is 0. The summed E-state index contributed by atoms with van der Waals surface area (Å²) >= 11 is 14.2. The molecule has 0 saturated carbocycles. The standard InChI is InChI=1S/C3H8OS9/c1-2-3-4-13(6,7)12-11-10-9-8-5/h5H,2-3H2,1H3. The molecule has 0 aromatic carbocycles. The van der Waals surface area contributed by atoms with Crippen LogP contribution in [-0.2, 0) is 33.0 Å². The molecule has 0 aliphatic heterocycles. The molecule has 0 aliphatic carbocycles. The van der Waals surface area contributed by atoms with Crippen molar-refractivity contribution in [3.63, 3.8) is 0 Å². The fourth-order valence-electron chi connectivity index (χ4n) is 0.274. The first-order valence-corrected chi connectivity index (χ1v) is 14.1. The molecule has 0 N–H and O–H groups in total. The molecular formula is C3H8OS9. The molecule has 0 heterocycles. The summed E-state index contributed by atoms with van der Waals surface area (Å²) in [6.07, 6.45) is 0.960. The van der Waals surface area contributed by atoms with Crippen LogP contribution in [0.15, 0.2) is 0 Å². The predicted molar refractivity (Wildman–Crippen MR) is 85.3 cm³/mol. The molecule has 0 saturated heterocycles. The Labute approximate surface area is 112 Å². The van der Waals surface area contributed by atoms with Crippen LogP contribution >= 0.6 is 60.8 Å². The van der Waals surface area contributed by atoms with E-state index in [1.807, 2.05) is 6.92 Å². The summed E-state index contributed by atoms with van der Waals surface area (Å²) in [6, 6.07) is 0. The maximum Gasteiger partial charge on any atom is 0.0820 e. The van der Waals surface area contributed by atoms with E-state index in [-0.39, 0.29) is 0 Å². The van der Waals surface area contributed by atoms with Crippen LogP contribution in [0.25, 0.3) is 0 Å². The van der Waals surface area contributed by atoms with E-state index in [0.717, 1.165) is 6.42 Å². The van der Waals surface area contributed by atoms with Gasteiger partial charge in [-0.3, -0.25) is 0 Å². The fraction of sp³-hybridized carbons (Fsp3) is 1.00. The lowest BCUT2D eigenvalue weighted by Crippen LogP contribution is -1.96. The summed E-state index contributed by atoms with van der Waals surface area (Å²) in [7, 11) is 7.62. The summed E-state index contributed by atoms with van der Waals surface area (Å²) < 4.78 is 5.37. The minimum absolute atomic E-state index is 0.662. The lowest BCUT2D eigenvalue weighted by molar-refractivity contribution is 0.374. The summed E-state index contributed by atoms with van der Waals surface area (Å²) in [6.45, 7) is 0.957. The van der Waals surface area contributed by atoms with Gasteiger partial charge in [0.2, 0.25) is 0 Å². The summed E-state index contributed by atoms with van der Waals surface area (Å²) in [5.74, 6) is 0. The quantitative estimate of drug-likeness (QED) is 0.385. The van der Waals surface area contributed by atoms with Gasteiger partial charge in [0, 0.05) is 29.5 Å².